The first-order valence-corrected chi connectivity index (χ1v) is 22.8. The first-order chi connectivity index (χ1) is 32.3. The molecular formula is C64H52N2. The van der Waals surface area contributed by atoms with E-state index in [0.717, 1.165) is 45.3 Å². The monoisotopic (exact) mass is 848 g/mol. The molecule has 0 radical (unpaired) electrons. The van der Waals surface area contributed by atoms with Gasteiger partial charge in [-0.2, -0.15) is 0 Å². The van der Waals surface area contributed by atoms with Crippen molar-refractivity contribution in [2.45, 2.75) is 27.7 Å². The predicted octanol–water partition coefficient (Wildman–Crippen LogP) is 18.2. The lowest BCUT2D eigenvalue weighted by molar-refractivity contribution is 1.28. The molecule has 0 amide bonds. The van der Waals surface area contributed by atoms with Gasteiger partial charge in [0, 0.05) is 34.1 Å². The van der Waals surface area contributed by atoms with Gasteiger partial charge in [-0.15, -0.1) is 0 Å². The lowest BCUT2D eigenvalue weighted by Gasteiger charge is -2.27. The first-order valence-electron chi connectivity index (χ1n) is 22.8. The lowest BCUT2D eigenvalue weighted by Crippen LogP contribution is -2.10. The van der Waals surface area contributed by atoms with E-state index in [2.05, 4.69) is 280 Å². The highest BCUT2D eigenvalue weighted by Gasteiger charge is 2.16. The Balaban J connectivity index is 0.965. The van der Waals surface area contributed by atoms with E-state index in [9.17, 15) is 0 Å². The van der Waals surface area contributed by atoms with Crippen molar-refractivity contribution in [3.63, 3.8) is 0 Å². The van der Waals surface area contributed by atoms with Crippen LogP contribution >= 0.6 is 0 Å². The molecule has 10 aromatic rings. The van der Waals surface area contributed by atoms with Crippen LogP contribution in [0, 0.1) is 27.7 Å². The van der Waals surface area contributed by atoms with Gasteiger partial charge in [0.2, 0.25) is 0 Å². The third-order valence-electron chi connectivity index (χ3n) is 12.5. The van der Waals surface area contributed by atoms with Gasteiger partial charge >= 0.3 is 0 Å². The molecule has 0 N–H and O–H groups in total. The molecule has 2 nitrogen and oxygen atoms in total. The molecule has 0 bridgehead atoms. The maximum absolute atomic E-state index is 2.35. The van der Waals surface area contributed by atoms with Crippen molar-refractivity contribution >= 4 is 34.1 Å². The molecule has 0 unspecified atom stereocenters. The number of hydrogen-bond acceptors (Lipinski definition) is 2. The Labute approximate surface area is 390 Å². The molecular weight excluding hydrogens is 797 g/mol. The minimum atomic E-state index is 1.09. The smallest absolute Gasteiger partial charge is 0.0462 e. The fourth-order valence-electron chi connectivity index (χ4n) is 9.01. The fraction of sp³-hybridized carbons (Fsp3) is 0.0625. The van der Waals surface area contributed by atoms with Crippen molar-refractivity contribution in [1.82, 2.24) is 0 Å². The Morgan fingerprint density at radius 2 is 0.348 bits per heavy atom. The highest BCUT2D eigenvalue weighted by Crippen LogP contribution is 2.40. The van der Waals surface area contributed by atoms with Crippen LogP contribution in [-0.4, -0.2) is 0 Å². The van der Waals surface area contributed by atoms with Crippen LogP contribution in [0.25, 0.3) is 55.6 Å². The van der Waals surface area contributed by atoms with Gasteiger partial charge < -0.3 is 9.80 Å². The second kappa shape index (κ2) is 18.5. The van der Waals surface area contributed by atoms with E-state index in [4.69, 9.17) is 0 Å². The lowest BCUT2D eigenvalue weighted by atomic mass is 10.0. The van der Waals surface area contributed by atoms with Crippen LogP contribution < -0.4 is 9.80 Å². The summed E-state index contributed by atoms with van der Waals surface area (Å²) in [4.78, 5) is 4.69. The highest BCUT2D eigenvalue weighted by atomic mass is 15.1. The summed E-state index contributed by atoms with van der Waals surface area (Å²) in [7, 11) is 0. The summed E-state index contributed by atoms with van der Waals surface area (Å²) < 4.78 is 0. The van der Waals surface area contributed by atoms with E-state index in [1.54, 1.807) is 0 Å². The van der Waals surface area contributed by atoms with Crippen molar-refractivity contribution in [3.8, 4) is 55.6 Å². The fourth-order valence-corrected chi connectivity index (χ4v) is 9.01. The van der Waals surface area contributed by atoms with Gasteiger partial charge in [-0.1, -0.05) is 192 Å². The second-order valence-corrected chi connectivity index (χ2v) is 17.4. The van der Waals surface area contributed by atoms with Crippen LogP contribution in [0.4, 0.5) is 34.1 Å². The SMILES string of the molecule is Cc1cccc(-c2ccc(N(c3ccc(-c4ccc(N(c5ccc(-c6cccc(C)c6)cc5)c5ccc(-c6cccc(C)c6)cc5)cc4)cc3)c3ccc(-c4cccc(C)c4)cc3)cc2)c1. The molecule has 0 aromatic heterocycles. The van der Waals surface area contributed by atoms with E-state index >= 15 is 0 Å². The molecule has 10 rings (SSSR count). The Hall–Kier alpha value is -8.20. The number of benzene rings is 10. The molecule has 0 aliphatic carbocycles. The van der Waals surface area contributed by atoms with E-state index in [0.29, 0.717) is 0 Å². The Bertz CT molecular complexity index is 2840. The van der Waals surface area contributed by atoms with E-state index in [1.807, 2.05) is 0 Å². The van der Waals surface area contributed by atoms with Crippen LogP contribution in [0.15, 0.2) is 243 Å². The molecule has 0 heterocycles. The van der Waals surface area contributed by atoms with Gasteiger partial charge in [0.1, 0.15) is 0 Å². The van der Waals surface area contributed by atoms with Gasteiger partial charge in [-0.05, 0) is 156 Å². The summed E-state index contributed by atoms with van der Waals surface area (Å²) in [6.07, 6.45) is 0. The molecule has 318 valence electrons. The number of anilines is 6. The Morgan fingerprint density at radius 3 is 0.515 bits per heavy atom. The van der Waals surface area contributed by atoms with Gasteiger partial charge in [-0.25, -0.2) is 0 Å². The van der Waals surface area contributed by atoms with Gasteiger partial charge in [-0.3, -0.25) is 0 Å². The molecule has 2 heteroatoms. The third kappa shape index (κ3) is 9.09. The molecule has 0 aliphatic heterocycles. The van der Waals surface area contributed by atoms with Crippen molar-refractivity contribution in [2.75, 3.05) is 9.80 Å². The van der Waals surface area contributed by atoms with Crippen LogP contribution in [0.5, 0.6) is 0 Å². The largest absolute Gasteiger partial charge is 0.311 e. The minimum absolute atomic E-state index is 1.09. The predicted molar refractivity (Wildman–Crippen MR) is 282 cm³/mol. The molecule has 0 spiro atoms. The van der Waals surface area contributed by atoms with E-state index in [1.165, 1.54) is 66.8 Å². The molecule has 0 saturated carbocycles. The van der Waals surface area contributed by atoms with Crippen molar-refractivity contribution in [2.24, 2.45) is 0 Å². The second-order valence-electron chi connectivity index (χ2n) is 17.4. The minimum Gasteiger partial charge on any atom is -0.311 e. The summed E-state index contributed by atoms with van der Waals surface area (Å²) in [6, 6.07) is 88.4. The zero-order valence-electron chi connectivity index (χ0n) is 38.0. The highest BCUT2D eigenvalue weighted by molar-refractivity contribution is 5.84. The first kappa shape index (κ1) is 41.8. The number of rotatable bonds is 11. The van der Waals surface area contributed by atoms with Crippen LogP contribution in [-0.2, 0) is 0 Å². The van der Waals surface area contributed by atoms with Gasteiger partial charge in [0.05, 0.1) is 0 Å². The van der Waals surface area contributed by atoms with Crippen molar-refractivity contribution in [3.05, 3.63) is 265 Å². The topological polar surface area (TPSA) is 6.48 Å². The molecule has 0 atom stereocenters. The maximum atomic E-state index is 2.35. The average molecular weight is 849 g/mol. The molecule has 66 heavy (non-hydrogen) atoms. The average Bonchev–Trinajstić information content (AvgIpc) is 3.35. The quantitative estimate of drug-likeness (QED) is 0.128. The number of nitrogens with zero attached hydrogens (tertiary/aromatic N) is 2. The van der Waals surface area contributed by atoms with Gasteiger partial charge in [0.15, 0.2) is 0 Å². The molecule has 10 aromatic carbocycles. The molecule has 0 fully saturated rings. The standard InChI is InChI=1S/C64H52N2/c1-45-9-5-13-55(41-45)51-21-33-61(34-22-51)65(62-35-23-52(24-36-62)56-14-6-10-46(2)42-56)59-29-17-49(18-30-59)50-19-31-60(32-20-50)66(63-37-25-53(26-38-63)57-15-7-11-47(3)43-57)64-39-27-54(28-40-64)58-16-8-12-48(4)44-58/h5-44H,1-4H3. The van der Waals surface area contributed by atoms with E-state index < -0.39 is 0 Å². The summed E-state index contributed by atoms with van der Waals surface area (Å²) in [5, 5.41) is 0. The molecule has 0 saturated heterocycles. The molecule has 0 aliphatic rings. The summed E-state index contributed by atoms with van der Waals surface area (Å²) in [6.45, 7) is 8.58. The summed E-state index contributed by atoms with van der Waals surface area (Å²) in [5.41, 5.74) is 23.6. The Morgan fingerprint density at radius 1 is 0.182 bits per heavy atom. The van der Waals surface area contributed by atoms with Crippen LogP contribution in [0.1, 0.15) is 22.3 Å². The van der Waals surface area contributed by atoms with Crippen LogP contribution in [0.2, 0.25) is 0 Å². The van der Waals surface area contributed by atoms with Crippen LogP contribution in [0.3, 0.4) is 0 Å². The Kier molecular flexibility index (Phi) is 11.7. The number of hydrogen-bond donors (Lipinski definition) is 0. The van der Waals surface area contributed by atoms with Crippen molar-refractivity contribution in [1.29, 1.82) is 0 Å². The zero-order chi connectivity index (χ0) is 45.0. The normalized spacial score (nSPS) is 11.0. The summed E-state index contributed by atoms with van der Waals surface area (Å²) in [5.74, 6) is 0. The van der Waals surface area contributed by atoms with Crippen molar-refractivity contribution < 1.29 is 0 Å². The van der Waals surface area contributed by atoms with Gasteiger partial charge in [0.25, 0.3) is 0 Å². The maximum Gasteiger partial charge on any atom is 0.0462 e. The zero-order valence-corrected chi connectivity index (χ0v) is 38.0. The summed E-state index contributed by atoms with van der Waals surface area (Å²) >= 11 is 0. The number of aryl methyl sites for hydroxylation is 4. The third-order valence-corrected chi connectivity index (χ3v) is 12.5. The van der Waals surface area contributed by atoms with E-state index in [-0.39, 0.29) is 0 Å².